The van der Waals surface area contributed by atoms with Crippen LogP contribution in [0, 0.1) is 0 Å². The van der Waals surface area contributed by atoms with Gasteiger partial charge in [0, 0.05) is 36.8 Å². The van der Waals surface area contributed by atoms with E-state index in [0.717, 1.165) is 46.4 Å². The Morgan fingerprint density at radius 2 is 2.09 bits per heavy atom. The molecular formula is C26H32N6OS2. The number of pyridine rings is 1. The number of ether oxygens (including phenoxy) is 1. The van der Waals surface area contributed by atoms with Crippen LogP contribution in [-0.2, 0) is 4.74 Å². The van der Waals surface area contributed by atoms with E-state index >= 15 is 0 Å². The number of thioether (sulfide) groups is 2. The minimum absolute atomic E-state index is 0.372. The van der Waals surface area contributed by atoms with Crippen LogP contribution in [0.15, 0.2) is 64.5 Å². The molecule has 2 aromatic heterocycles. The molecule has 184 valence electrons. The van der Waals surface area contributed by atoms with Gasteiger partial charge in [-0.3, -0.25) is 4.99 Å². The molecule has 35 heavy (non-hydrogen) atoms. The van der Waals surface area contributed by atoms with Crippen molar-refractivity contribution in [3.63, 3.8) is 0 Å². The molecule has 0 aromatic carbocycles. The second kappa shape index (κ2) is 13.9. The zero-order valence-electron chi connectivity index (χ0n) is 20.5. The monoisotopic (exact) mass is 508 g/mol. The van der Waals surface area contributed by atoms with E-state index < -0.39 is 0 Å². The van der Waals surface area contributed by atoms with Gasteiger partial charge in [-0.15, -0.1) is 0 Å². The second-order valence-electron chi connectivity index (χ2n) is 7.58. The Kier molecular flexibility index (Phi) is 10.6. The third-order valence-corrected chi connectivity index (χ3v) is 6.53. The van der Waals surface area contributed by atoms with Crippen molar-refractivity contribution in [2.45, 2.75) is 18.7 Å². The number of rotatable bonds is 10. The van der Waals surface area contributed by atoms with Crippen LogP contribution in [0.5, 0.6) is 0 Å². The van der Waals surface area contributed by atoms with Crippen LogP contribution in [0.1, 0.15) is 19.5 Å². The van der Waals surface area contributed by atoms with E-state index in [1.807, 2.05) is 24.5 Å². The summed E-state index contributed by atoms with van der Waals surface area (Å²) in [6, 6.07) is 1.88. The summed E-state index contributed by atoms with van der Waals surface area (Å²) in [5, 5.41) is 2.01. The fourth-order valence-electron chi connectivity index (χ4n) is 3.37. The van der Waals surface area contributed by atoms with Gasteiger partial charge in [0.1, 0.15) is 17.3 Å². The topological polar surface area (TPSA) is 89.5 Å². The highest BCUT2D eigenvalue weighted by atomic mass is 32.2. The normalized spacial score (nSPS) is 15.1. The van der Waals surface area contributed by atoms with E-state index in [1.165, 1.54) is 0 Å². The maximum Gasteiger partial charge on any atom is 0.163 e. The first-order valence-electron chi connectivity index (χ1n) is 11.3. The number of nitrogens with two attached hydrogens (primary N) is 1. The largest absolute Gasteiger partial charge is 0.382 e. The summed E-state index contributed by atoms with van der Waals surface area (Å²) in [6.45, 7) is 10.6. The van der Waals surface area contributed by atoms with E-state index in [1.54, 1.807) is 42.0 Å². The average molecular weight is 509 g/mol. The minimum Gasteiger partial charge on any atom is -0.382 e. The van der Waals surface area contributed by atoms with Gasteiger partial charge in [-0.1, -0.05) is 48.7 Å². The first-order valence-corrected chi connectivity index (χ1v) is 13.6. The molecule has 1 fully saturated rings. The number of nitrogen functional groups attached to an aromatic ring is 1. The molecule has 0 aliphatic carbocycles. The van der Waals surface area contributed by atoms with Gasteiger partial charge < -0.3 is 15.4 Å². The van der Waals surface area contributed by atoms with Crippen molar-refractivity contribution in [1.82, 2.24) is 15.0 Å². The van der Waals surface area contributed by atoms with Crippen LogP contribution in [-0.4, -0.2) is 59.5 Å². The van der Waals surface area contributed by atoms with Crippen molar-refractivity contribution in [2.75, 3.05) is 48.9 Å². The average Bonchev–Trinajstić information content (AvgIpc) is 2.88. The summed E-state index contributed by atoms with van der Waals surface area (Å²) in [5.41, 5.74) is 9.31. The molecule has 0 bridgehead atoms. The summed E-state index contributed by atoms with van der Waals surface area (Å²) in [7, 11) is 0. The maximum absolute atomic E-state index is 6.02. The van der Waals surface area contributed by atoms with Gasteiger partial charge in [-0.05, 0) is 37.2 Å². The lowest BCUT2D eigenvalue weighted by Crippen LogP contribution is -2.37. The lowest BCUT2D eigenvalue weighted by atomic mass is 10.1. The molecule has 9 heteroatoms. The number of morpholine rings is 1. The molecule has 3 rings (SSSR count). The predicted molar refractivity (Wildman–Crippen MR) is 153 cm³/mol. The first-order chi connectivity index (χ1) is 17.1. The number of hydrogen-bond acceptors (Lipinski definition) is 9. The summed E-state index contributed by atoms with van der Waals surface area (Å²) >= 11 is 3.38. The Balaban J connectivity index is 2.22. The summed E-state index contributed by atoms with van der Waals surface area (Å²) in [6.07, 6.45) is 15.5. The van der Waals surface area contributed by atoms with Gasteiger partial charge in [0.15, 0.2) is 5.82 Å². The van der Waals surface area contributed by atoms with Crippen LogP contribution < -0.4 is 10.6 Å². The fourth-order valence-corrected chi connectivity index (χ4v) is 4.60. The summed E-state index contributed by atoms with van der Waals surface area (Å²) in [4.78, 5) is 22.0. The van der Waals surface area contributed by atoms with Gasteiger partial charge >= 0.3 is 0 Å². The fraction of sp³-hybridized carbons (Fsp3) is 0.308. The van der Waals surface area contributed by atoms with Crippen molar-refractivity contribution in [2.24, 2.45) is 4.99 Å². The number of aromatic nitrogens is 3. The van der Waals surface area contributed by atoms with Crippen LogP contribution >= 0.6 is 23.5 Å². The van der Waals surface area contributed by atoms with E-state index in [9.17, 15) is 0 Å². The Bertz CT molecular complexity index is 1140. The smallest absolute Gasteiger partial charge is 0.163 e. The Hall–Kier alpha value is -2.88. The molecule has 2 N–H and O–H groups in total. The molecule has 1 saturated heterocycles. The summed E-state index contributed by atoms with van der Waals surface area (Å²) in [5.74, 6) is 2.79. The van der Waals surface area contributed by atoms with Crippen molar-refractivity contribution < 1.29 is 4.74 Å². The molecule has 1 aliphatic heterocycles. The highest BCUT2D eigenvalue weighted by Crippen LogP contribution is 2.38. The third-order valence-electron chi connectivity index (χ3n) is 5.10. The molecule has 0 saturated carbocycles. The molecule has 0 radical (unpaired) electrons. The molecule has 0 atom stereocenters. The highest BCUT2D eigenvalue weighted by molar-refractivity contribution is 8.02. The van der Waals surface area contributed by atoms with Gasteiger partial charge in [-0.25, -0.2) is 15.0 Å². The molecule has 7 nitrogen and oxygen atoms in total. The van der Waals surface area contributed by atoms with Gasteiger partial charge in [0.25, 0.3) is 0 Å². The molecule has 2 aromatic rings. The van der Waals surface area contributed by atoms with Crippen LogP contribution in [0.2, 0.25) is 0 Å². The van der Waals surface area contributed by atoms with Gasteiger partial charge in [-0.2, -0.15) is 11.8 Å². The third kappa shape index (κ3) is 7.30. The van der Waals surface area contributed by atoms with Gasteiger partial charge in [0.05, 0.1) is 23.8 Å². The van der Waals surface area contributed by atoms with E-state index in [0.29, 0.717) is 30.5 Å². The van der Waals surface area contributed by atoms with Gasteiger partial charge in [0.2, 0.25) is 0 Å². The molecular weight excluding hydrogens is 476 g/mol. The van der Waals surface area contributed by atoms with E-state index in [4.69, 9.17) is 20.4 Å². The van der Waals surface area contributed by atoms with Crippen LogP contribution in [0.4, 0.5) is 17.3 Å². The Labute approximate surface area is 216 Å². The van der Waals surface area contributed by atoms with Crippen molar-refractivity contribution >= 4 is 52.6 Å². The first kappa shape index (κ1) is 26.7. The van der Waals surface area contributed by atoms with Crippen molar-refractivity contribution in [3.8, 4) is 11.4 Å². The molecule has 0 amide bonds. The zero-order chi connectivity index (χ0) is 25.0. The van der Waals surface area contributed by atoms with E-state index in [2.05, 4.69) is 52.9 Å². The lowest BCUT2D eigenvalue weighted by molar-refractivity contribution is 0.122. The quantitative estimate of drug-likeness (QED) is 0.245. The summed E-state index contributed by atoms with van der Waals surface area (Å²) < 4.78 is 5.60. The molecule has 1 aliphatic rings. The lowest BCUT2D eigenvalue weighted by Gasteiger charge is -2.30. The van der Waals surface area contributed by atoms with E-state index in [-0.39, 0.29) is 0 Å². The molecule has 0 spiro atoms. The predicted octanol–water partition coefficient (Wildman–Crippen LogP) is 5.79. The minimum atomic E-state index is 0.372. The number of allylic oxidation sites excluding steroid dienone is 5. The van der Waals surface area contributed by atoms with Crippen LogP contribution in [0.3, 0.4) is 0 Å². The molecule has 0 unspecified atom stereocenters. The molecule has 3 heterocycles. The highest BCUT2D eigenvalue weighted by Gasteiger charge is 2.23. The number of nitrogens with zero attached hydrogens (tertiary/aromatic N) is 5. The SMILES string of the molecule is C=C/C=C\Sc1c(/C(C)=C/C=C/CSC)nc(-c2cnc(N)c(N=CC)c2)nc1N1CCOCC1. The Morgan fingerprint density at radius 1 is 1.29 bits per heavy atom. The zero-order valence-corrected chi connectivity index (χ0v) is 22.1. The van der Waals surface area contributed by atoms with Crippen LogP contribution in [0.25, 0.3) is 17.0 Å². The number of anilines is 2. The maximum atomic E-state index is 6.02. The number of hydrogen-bond donors (Lipinski definition) is 1. The Morgan fingerprint density at radius 3 is 2.80 bits per heavy atom. The standard InChI is InChI=1S/C26H32N6OS2/c1-5-7-16-35-23-22(19(3)10-8-9-15-34-4)30-25(31-26(23)32-11-13-33-14-12-32)20-17-21(28-6-2)24(27)29-18-20/h5-10,16-18H,1,11-15H2,2-4H3,(H2,27,29)/b9-8+,16-7-,19-10+,28-6?. The second-order valence-corrected chi connectivity index (χ2v) is 9.41. The van der Waals surface area contributed by atoms with Crippen molar-refractivity contribution in [1.29, 1.82) is 0 Å². The number of aliphatic imine (C=N–C) groups is 1. The van der Waals surface area contributed by atoms with Crippen molar-refractivity contribution in [3.05, 3.63) is 60.3 Å².